The second-order valence-electron chi connectivity index (χ2n) is 5.81. The summed E-state index contributed by atoms with van der Waals surface area (Å²) in [6.07, 6.45) is 1.33. The van der Waals surface area contributed by atoms with Crippen molar-refractivity contribution >= 4 is 5.97 Å². The smallest absolute Gasteiger partial charge is 0.306 e. The molecule has 4 nitrogen and oxygen atoms in total. The van der Waals surface area contributed by atoms with Crippen molar-refractivity contribution in [3.05, 3.63) is 35.9 Å². The van der Waals surface area contributed by atoms with E-state index >= 15 is 0 Å². The maximum atomic E-state index is 11.8. The average molecular weight is 276 g/mol. The maximum absolute atomic E-state index is 11.8. The Morgan fingerprint density at radius 1 is 1.20 bits per heavy atom. The van der Waals surface area contributed by atoms with Crippen LogP contribution >= 0.6 is 0 Å². The van der Waals surface area contributed by atoms with Gasteiger partial charge in [0, 0.05) is 32.6 Å². The van der Waals surface area contributed by atoms with Gasteiger partial charge in [-0.3, -0.25) is 4.79 Å². The summed E-state index contributed by atoms with van der Waals surface area (Å²) in [5.74, 6) is -0.112. The SMILES string of the molecule is CC1(CCC(=O)OCc2ccccc2)CNCCNC1. The van der Waals surface area contributed by atoms with Crippen LogP contribution in [0.15, 0.2) is 30.3 Å². The predicted octanol–water partition coefficient (Wildman–Crippen LogP) is 1.71. The van der Waals surface area contributed by atoms with E-state index in [0.29, 0.717) is 13.0 Å². The van der Waals surface area contributed by atoms with Gasteiger partial charge in [0.05, 0.1) is 0 Å². The van der Waals surface area contributed by atoms with Gasteiger partial charge in [0.2, 0.25) is 0 Å². The lowest BCUT2D eigenvalue weighted by Crippen LogP contribution is -2.35. The van der Waals surface area contributed by atoms with Gasteiger partial charge in [0.25, 0.3) is 0 Å². The minimum absolute atomic E-state index is 0.112. The largest absolute Gasteiger partial charge is 0.461 e. The van der Waals surface area contributed by atoms with E-state index in [1.807, 2.05) is 30.3 Å². The van der Waals surface area contributed by atoms with Crippen LogP contribution in [0.1, 0.15) is 25.3 Å². The first-order valence-corrected chi connectivity index (χ1v) is 7.29. The fourth-order valence-corrected chi connectivity index (χ4v) is 2.41. The third-order valence-electron chi connectivity index (χ3n) is 3.76. The molecule has 110 valence electrons. The molecular formula is C16H24N2O2. The molecule has 1 aromatic rings. The molecule has 0 unspecified atom stereocenters. The minimum Gasteiger partial charge on any atom is -0.461 e. The molecule has 1 saturated heterocycles. The van der Waals surface area contributed by atoms with Crippen molar-refractivity contribution in [3.8, 4) is 0 Å². The molecule has 0 atom stereocenters. The predicted molar refractivity (Wildman–Crippen MR) is 79.3 cm³/mol. The number of hydrogen-bond acceptors (Lipinski definition) is 4. The molecule has 0 radical (unpaired) electrons. The molecule has 1 fully saturated rings. The lowest BCUT2D eigenvalue weighted by molar-refractivity contribution is -0.145. The first-order valence-electron chi connectivity index (χ1n) is 7.29. The van der Waals surface area contributed by atoms with Crippen LogP contribution in [0.5, 0.6) is 0 Å². The molecule has 1 aromatic carbocycles. The van der Waals surface area contributed by atoms with Crippen LogP contribution < -0.4 is 10.6 Å². The number of carbonyl (C=O) groups excluding carboxylic acids is 1. The first-order chi connectivity index (χ1) is 9.68. The molecule has 0 aromatic heterocycles. The molecule has 20 heavy (non-hydrogen) atoms. The zero-order valence-corrected chi connectivity index (χ0v) is 12.2. The molecule has 0 bridgehead atoms. The summed E-state index contributed by atoms with van der Waals surface area (Å²) in [7, 11) is 0. The van der Waals surface area contributed by atoms with Gasteiger partial charge in [-0.2, -0.15) is 0 Å². The quantitative estimate of drug-likeness (QED) is 0.804. The Bertz CT molecular complexity index is 412. The second-order valence-corrected chi connectivity index (χ2v) is 5.81. The van der Waals surface area contributed by atoms with Gasteiger partial charge < -0.3 is 15.4 Å². The first kappa shape index (κ1) is 15.0. The topological polar surface area (TPSA) is 50.4 Å². The van der Waals surface area contributed by atoms with Gasteiger partial charge in [-0.15, -0.1) is 0 Å². The fourth-order valence-electron chi connectivity index (χ4n) is 2.41. The Morgan fingerprint density at radius 2 is 1.85 bits per heavy atom. The lowest BCUT2D eigenvalue weighted by Gasteiger charge is -2.27. The molecule has 0 amide bonds. The molecule has 0 spiro atoms. The van der Waals surface area contributed by atoms with E-state index in [1.165, 1.54) is 0 Å². The number of ether oxygens (including phenoxy) is 1. The van der Waals surface area contributed by atoms with Gasteiger partial charge in [0.15, 0.2) is 0 Å². The van der Waals surface area contributed by atoms with Crippen molar-refractivity contribution in [2.24, 2.45) is 5.41 Å². The van der Waals surface area contributed by atoms with Gasteiger partial charge >= 0.3 is 5.97 Å². The summed E-state index contributed by atoms with van der Waals surface area (Å²) in [5, 5.41) is 6.81. The minimum atomic E-state index is -0.112. The summed E-state index contributed by atoms with van der Waals surface area (Å²) in [6, 6.07) is 9.79. The number of hydrogen-bond donors (Lipinski definition) is 2. The van der Waals surface area contributed by atoms with Crippen LogP contribution in [0.3, 0.4) is 0 Å². The van der Waals surface area contributed by atoms with Crippen molar-refractivity contribution in [2.75, 3.05) is 26.2 Å². The van der Waals surface area contributed by atoms with Crippen LogP contribution in [-0.4, -0.2) is 32.1 Å². The monoisotopic (exact) mass is 276 g/mol. The molecule has 0 aliphatic carbocycles. The van der Waals surface area contributed by atoms with Crippen molar-refractivity contribution in [1.29, 1.82) is 0 Å². The highest BCUT2D eigenvalue weighted by Gasteiger charge is 2.26. The molecule has 1 aliphatic rings. The van der Waals surface area contributed by atoms with Gasteiger partial charge in [-0.25, -0.2) is 0 Å². The van der Waals surface area contributed by atoms with Crippen LogP contribution in [0.2, 0.25) is 0 Å². The van der Waals surface area contributed by atoms with Crippen LogP contribution in [0, 0.1) is 5.41 Å². The number of benzene rings is 1. The Morgan fingerprint density at radius 3 is 2.50 bits per heavy atom. The van der Waals surface area contributed by atoms with E-state index in [-0.39, 0.29) is 11.4 Å². The summed E-state index contributed by atoms with van der Waals surface area (Å²) in [6.45, 7) is 6.47. The van der Waals surface area contributed by atoms with Gasteiger partial charge in [-0.1, -0.05) is 37.3 Å². The molecule has 4 heteroatoms. The third kappa shape index (κ3) is 4.94. The highest BCUT2D eigenvalue weighted by Crippen LogP contribution is 2.22. The van der Waals surface area contributed by atoms with E-state index in [2.05, 4.69) is 17.6 Å². The number of esters is 1. The van der Waals surface area contributed by atoms with Crippen LogP contribution in [0.4, 0.5) is 0 Å². The molecule has 1 heterocycles. The third-order valence-corrected chi connectivity index (χ3v) is 3.76. The Kier molecular flexibility index (Phi) is 5.56. The highest BCUT2D eigenvalue weighted by molar-refractivity contribution is 5.69. The maximum Gasteiger partial charge on any atom is 0.306 e. The summed E-state index contributed by atoms with van der Waals surface area (Å²) in [4.78, 5) is 11.8. The van der Waals surface area contributed by atoms with Crippen molar-refractivity contribution < 1.29 is 9.53 Å². The molecule has 2 rings (SSSR count). The zero-order chi connectivity index (χ0) is 14.3. The summed E-state index contributed by atoms with van der Waals surface area (Å²) >= 11 is 0. The van der Waals surface area contributed by atoms with Crippen molar-refractivity contribution in [2.45, 2.75) is 26.4 Å². The standard InChI is InChI=1S/C16H24N2O2/c1-16(12-17-9-10-18-13-16)8-7-15(19)20-11-14-5-3-2-4-6-14/h2-6,17-18H,7-13H2,1H3. The number of rotatable bonds is 5. The molecule has 0 saturated carbocycles. The highest BCUT2D eigenvalue weighted by atomic mass is 16.5. The fraction of sp³-hybridized carbons (Fsp3) is 0.562. The van der Waals surface area contributed by atoms with E-state index in [0.717, 1.165) is 38.2 Å². The van der Waals surface area contributed by atoms with E-state index in [1.54, 1.807) is 0 Å². The Hall–Kier alpha value is -1.39. The van der Waals surface area contributed by atoms with Crippen LogP contribution in [0.25, 0.3) is 0 Å². The molecular weight excluding hydrogens is 252 g/mol. The van der Waals surface area contributed by atoms with Crippen molar-refractivity contribution in [1.82, 2.24) is 10.6 Å². The Balaban J connectivity index is 1.71. The normalized spacial score (nSPS) is 18.2. The van der Waals surface area contributed by atoms with E-state index in [4.69, 9.17) is 4.74 Å². The van der Waals surface area contributed by atoms with Crippen molar-refractivity contribution in [3.63, 3.8) is 0 Å². The zero-order valence-electron chi connectivity index (χ0n) is 12.2. The van der Waals surface area contributed by atoms with Gasteiger partial charge in [0.1, 0.15) is 6.61 Å². The Labute approximate surface area is 120 Å². The molecule has 2 N–H and O–H groups in total. The molecule has 1 aliphatic heterocycles. The summed E-state index contributed by atoms with van der Waals surface area (Å²) in [5.41, 5.74) is 1.16. The second kappa shape index (κ2) is 7.41. The van der Waals surface area contributed by atoms with E-state index in [9.17, 15) is 4.79 Å². The lowest BCUT2D eigenvalue weighted by atomic mass is 9.85. The van der Waals surface area contributed by atoms with Crippen LogP contribution in [-0.2, 0) is 16.1 Å². The van der Waals surface area contributed by atoms with Gasteiger partial charge in [-0.05, 0) is 17.4 Å². The summed E-state index contributed by atoms with van der Waals surface area (Å²) < 4.78 is 5.32. The average Bonchev–Trinajstić information content (AvgIpc) is 2.69. The number of carbonyl (C=O) groups is 1. The number of nitrogens with one attached hydrogen (secondary N) is 2. The van der Waals surface area contributed by atoms with E-state index < -0.39 is 0 Å².